The Balaban J connectivity index is 2.07. The van der Waals surface area contributed by atoms with Crippen molar-refractivity contribution in [2.45, 2.75) is 51.6 Å². The lowest BCUT2D eigenvalue weighted by Gasteiger charge is -2.16. The van der Waals surface area contributed by atoms with Gasteiger partial charge in [-0.1, -0.05) is 53.0 Å². The number of ether oxygens (including phenoxy) is 2. The monoisotopic (exact) mass is 476 g/mol. The minimum absolute atomic E-state index is 0.0742. The highest BCUT2D eigenvalue weighted by molar-refractivity contribution is 9.09. The molecule has 0 aromatic heterocycles. The first-order valence-corrected chi connectivity index (χ1v) is 11.4. The fourth-order valence-electron chi connectivity index (χ4n) is 3.28. The topological polar surface area (TPSA) is 72.8 Å². The molecule has 0 heterocycles. The number of unbranched alkanes of at least 4 members (excludes halogenated alkanes) is 3. The molecule has 6 heteroatoms. The number of methoxy groups -OCH3 is 1. The smallest absolute Gasteiger partial charge is 0.337 e. The number of rotatable bonds is 13. The molecule has 0 unspecified atom stereocenters. The van der Waals surface area contributed by atoms with Crippen LogP contribution in [0.15, 0.2) is 42.5 Å². The van der Waals surface area contributed by atoms with E-state index in [-0.39, 0.29) is 12.4 Å². The Bertz CT molecular complexity index is 817. The summed E-state index contributed by atoms with van der Waals surface area (Å²) in [4.78, 5) is 22.7. The van der Waals surface area contributed by atoms with Crippen LogP contribution in [0.2, 0.25) is 0 Å². The van der Waals surface area contributed by atoms with Crippen molar-refractivity contribution in [1.29, 1.82) is 0 Å². The predicted molar refractivity (Wildman–Crippen MR) is 120 cm³/mol. The summed E-state index contributed by atoms with van der Waals surface area (Å²) in [6.45, 7) is 0.343. The molecule has 0 bridgehead atoms. The molecule has 0 aliphatic rings. The van der Waals surface area contributed by atoms with Gasteiger partial charge < -0.3 is 14.6 Å². The Kier molecular flexibility index (Phi) is 10.4. The summed E-state index contributed by atoms with van der Waals surface area (Å²) in [5.74, 6) is -0.458. The molecule has 2 rings (SSSR count). The first-order valence-electron chi connectivity index (χ1n) is 10.2. The molecule has 0 aliphatic heterocycles. The molecule has 0 saturated heterocycles. The SMILES string of the molecule is COC(=O)c1ccc(COc2cccc(CCCCCCBr)c2CCC(=O)O)cc1. The Morgan fingerprint density at radius 3 is 2.37 bits per heavy atom. The van der Waals surface area contributed by atoms with Crippen molar-refractivity contribution >= 4 is 27.9 Å². The van der Waals surface area contributed by atoms with Gasteiger partial charge in [0.15, 0.2) is 0 Å². The summed E-state index contributed by atoms with van der Waals surface area (Å²) in [6, 6.07) is 13.0. The third-order valence-electron chi connectivity index (χ3n) is 4.92. The van der Waals surface area contributed by atoms with Crippen molar-refractivity contribution in [3.8, 4) is 5.75 Å². The number of halogens is 1. The van der Waals surface area contributed by atoms with Crippen molar-refractivity contribution in [3.05, 3.63) is 64.7 Å². The highest BCUT2D eigenvalue weighted by Crippen LogP contribution is 2.27. The van der Waals surface area contributed by atoms with Gasteiger partial charge in [0.05, 0.1) is 12.7 Å². The number of hydrogen-bond donors (Lipinski definition) is 1. The first kappa shape index (κ1) is 23.9. The van der Waals surface area contributed by atoms with Gasteiger partial charge in [0.2, 0.25) is 0 Å². The molecule has 0 aliphatic carbocycles. The standard InChI is InChI=1S/C24H29BrO5/c1-29-24(28)20-12-10-18(11-13-20)17-30-22-9-6-8-19(7-4-2-3-5-16-25)21(22)14-15-23(26)27/h6,8-13H,2-5,7,14-17H2,1H3,(H,26,27). The lowest BCUT2D eigenvalue weighted by Crippen LogP contribution is -2.06. The summed E-state index contributed by atoms with van der Waals surface area (Å²) in [7, 11) is 1.35. The molecule has 0 amide bonds. The number of hydrogen-bond acceptors (Lipinski definition) is 4. The van der Waals surface area contributed by atoms with Crippen molar-refractivity contribution < 1.29 is 24.2 Å². The average molecular weight is 477 g/mol. The number of esters is 1. The molecule has 1 N–H and O–H groups in total. The minimum Gasteiger partial charge on any atom is -0.489 e. The average Bonchev–Trinajstić information content (AvgIpc) is 2.76. The van der Waals surface area contributed by atoms with Crippen LogP contribution in [0.5, 0.6) is 5.75 Å². The van der Waals surface area contributed by atoms with Crippen molar-refractivity contribution in [1.82, 2.24) is 0 Å². The molecular formula is C24H29BrO5. The van der Waals surface area contributed by atoms with Crippen LogP contribution in [0.3, 0.4) is 0 Å². The molecule has 0 saturated carbocycles. The summed E-state index contributed by atoms with van der Waals surface area (Å²) in [5.41, 5.74) is 3.55. The molecule has 30 heavy (non-hydrogen) atoms. The molecule has 0 spiro atoms. The minimum atomic E-state index is -0.813. The number of carbonyl (C=O) groups is 2. The highest BCUT2D eigenvalue weighted by Gasteiger charge is 2.12. The molecule has 162 valence electrons. The summed E-state index contributed by atoms with van der Waals surface area (Å²) >= 11 is 3.46. The number of aliphatic carboxylic acids is 1. The van der Waals surface area contributed by atoms with Gasteiger partial charge in [0, 0.05) is 11.8 Å². The number of carbonyl (C=O) groups excluding carboxylic acids is 1. The largest absolute Gasteiger partial charge is 0.489 e. The fraction of sp³-hybridized carbons (Fsp3) is 0.417. The Hall–Kier alpha value is -2.34. The van der Waals surface area contributed by atoms with E-state index in [4.69, 9.17) is 14.6 Å². The van der Waals surface area contributed by atoms with E-state index in [0.717, 1.165) is 47.0 Å². The number of aryl methyl sites for hydroxylation is 1. The third kappa shape index (κ3) is 7.82. The third-order valence-corrected chi connectivity index (χ3v) is 5.48. The molecule has 2 aromatic rings. The van der Waals surface area contributed by atoms with Gasteiger partial charge in [-0.05, 0) is 60.6 Å². The number of benzene rings is 2. The van der Waals surface area contributed by atoms with Gasteiger partial charge in [-0.2, -0.15) is 0 Å². The van der Waals surface area contributed by atoms with Gasteiger partial charge >= 0.3 is 11.9 Å². The fourth-order valence-corrected chi connectivity index (χ4v) is 3.67. The summed E-state index contributed by atoms with van der Waals surface area (Å²) in [5, 5.41) is 10.2. The normalized spacial score (nSPS) is 10.6. The second-order valence-corrected chi connectivity index (χ2v) is 7.91. The zero-order chi connectivity index (χ0) is 21.8. The van der Waals surface area contributed by atoms with E-state index in [2.05, 4.69) is 22.0 Å². The molecular weight excluding hydrogens is 448 g/mol. The van der Waals surface area contributed by atoms with E-state index in [0.29, 0.717) is 18.6 Å². The van der Waals surface area contributed by atoms with Gasteiger partial charge in [0.1, 0.15) is 12.4 Å². The van der Waals surface area contributed by atoms with E-state index >= 15 is 0 Å². The van der Waals surface area contributed by atoms with Crippen LogP contribution < -0.4 is 4.74 Å². The van der Waals surface area contributed by atoms with Crippen LogP contribution in [0, 0.1) is 0 Å². The molecule has 0 radical (unpaired) electrons. The van der Waals surface area contributed by atoms with Crippen LogP contribution in [-0.4, -0.2) is 29.5 Å². The second-order valence-electron chi connectivity index (χ2n) is 7.12. The summed E-state index contributed by atoms with van der Waals surface area (Å²) in [6.07, 6.45) is 6.03. The maximum atomic E-state index is 11.6. The molecule has 0 fully saturated rings. The maximum Gasteiger partial charge on any atom is 0.337 e. The van der Waals surface area contributed by atoms with E-state index < -0.39 is 5.97 Å². The van der Waals surface area contributed by atoms with Crippen LogP contribution in [0.25, 0.3) is 0 Å². The first-order chi connectivity index (χ1) is 14.5. The Morgan fingerprint density at radius 1 is 0.967 bits per heavy atom. The van der Waals surface area contributed by atoms with Crippen LogP contribution >= 0.6 is 15.9 Å². The van der Waals surface area contributed by atoms with Crippen molar-refractivity contribution in [2.24, 2.45) is 0 Å². The summed E-state index contributed by atoms with van der Waals surface area (Å²) < 4.78 is 10.8. The molecule has 2 aromatic carbocycles. The van der Waals surface area contributed by atoms with E-state index in [1.165, 1.54) is 20.0 Å². The van der Waals surface area contributed by atoms with Crippen LogP contribution in [0.1, 0.15) is 59.2 Å². The van der Waals surface area contributed by atoms with Crippen molar-refractivity contribution in [2.75, 3.05) is 12.4 Å². The van der Waals surface area contributed by atoms with Crippen molar-refractivity contribution in [3.63, 3.8) is 0 Å². The maximum absolute atomic E-state index is 11.6. The highest BCUT2D eigenvalue weighted by atomic mass is 79.9. The van der Waals surface area contributed by atoms with E-state index in [9.17, 15) is 9.59 Å². The zero-order valence-corrected chi connectivity index (χ0v) is 18.9. The second kappa shape index (κ2) is 13.1. The molecule has 5 nitrogen and oxygen atoms in total. The zero-order valence-electron chi connectivity index (χ0n) is 17.4. The number of carboxylic acids is 1. The quantitative estimate of drug-likeness (QED) is 0.232. The van der Waals surface area contributed by atoms with Gasteiger partial charge in [-0.3, -0.25) is 4.79 Å². The van der Waals surface area contributed by atoms with Gasteiger partial charge in [0.25, 0.3) is 0 Å². The molecule has 0 atom stereocenters. The predicted octanol–water partition coefficient (Wildman–Crippen LogP) is 5.57. The Labute approximate surface area is 186 Å². The Morgan fingerprint density at radius 2 is 1.70 bits per heavy atom. The number of alkyl halides is 1. The van der Waals surface area contributed by atoms with Crippen LogP contribution in [0.4, 0.5) is 0 Å². The van der Waals surface area contributed by atoms with Gasteiger partial charge in [-0.15, -0.1) is 0 Å². The number of carboxylic acid groups (broad SMARTS) is 1. The lowest BCUT2D eigenvalue weighted by atomic mass is 9.97. The van der Waals surface area contributed by atoms with Crippen LogP contribution in [-0.2, 0) is 29.0 Å². The lowest BCUT2D eigenvalue weighted by molar-refractivity contribution is -0.136. The van der Waals surface area contributed by atoms with E-state index in [1.54, 1.807) is 12.1 Å². The van der Waals surface area contributed by atoms with E-state index in [1.807, 2.05) is 24.3 Å². The van der Waals surface area contributed by atoms with Gasteiger partial charge in [-0.25, -0.2) is 4.79 Å².